The molecule has 0 saturated carbocycles. The van der Waals surface area contributed by atoms with Crippen LogP contribution in [0.15, 0.2) is 28.7 Å². The minimum atomic E-state index is -4.62. The first-order valence-corrected chi connectivity index (χ1v) is 3.78. The van der Waals surface area contributed by atoms with E-state index in [9.17, 15) is 13.2 Å². The van der Waals surface area contributed by atoms with Gasteiger partial charge < -0.3 is 4.74 Å². The van der Waals surface area contributed by atoms with E-state index >= 15 is 0 Å². The summed E-state index contributed by atoms with van der Waals surface area (Å²) in [4.78, 5) is 0. The van der Waals surface area contributed by atoms with Gasteiger partial charge >= 0.3 is 6.36 Å². The van der Waals surface area contributed by atoms with Crippen LogP contribution in [0.25, 0.3) is 0 Å². The van der Waals surface area contributed by atoms with Crippen molar-refractivity contribution in [3.63, 3.8) is 0 Å². The summed E-state index contributed by atoms with van der Waals surface area (Å²) in [7, 11) is 0. The lowest BCUT2D eigenvalue weighted by Crippen LogP contribution is -2.16. The van der Waals surface area contributed by atoms with Crippen molar-refractivity contribution < 1.29 is 17.9 Å². The molecular formula is C7H5BrClF3O. The molecule has 0 radical (unpaired) electrons. The molecule has 13 heavy (non-hydrogen) atoms. The Morgan fingerprint density at radius 2 is 1.85 bits per heavy atom. The molecule has 0 fully saturated rings. The fourth-order valence-corrected chi connectivity index (χ4v) is 1.04. The fourth-order valence-electron chi connectivity index (χ4n) is 0.664. The number of hydrogen-bond acceptors (Lipinski definition) is 1. The van der Waals surface area contributed by atoms with E-state index in [-0.39, 0.29) is 18.2 Å². The Bertz CT molecular complexity index is 277. The average molecular weight is 277 g/mol. The lowest BCUT2D eigenvalue weighted by Gasteiger charge is -2.08. The Morgan fingerprint density at radius 1 is 1.23 bits per heavy atom. The Kier molecular flexibility index (Phi) is 4.56. The van der Waals surface area contributed by atoms with Crippen LogP contribution in [0.1, 0.15) is 0 Å². The zero-order chi connectivity index (χ0) is 9.19. The second-order valence-electron chi connectivity index (χ2n) is 2.01. The van der Waals surface area contributed by atoms with Gasteiger partial charge in [0.25, 0.3) is 0 Å². The number of halogens is 5. The second kappa shape index (κ2) is 4.72. The first-order valence-electron chi connectivity index (χ1n) is 2.99. The standard InChI is InChI=1S/C7H4BrF3O.ClH/c8-5-2-1-3-6(4-5)12-7(9,10)11;/h1-4H;1H. The van der Waals surface area contributed by atoms with E-state index in [1.807, 2.05) is 0 Å². The highest BCUT2D eigenvalue weighted by molar-refractivity contribution is 9.10. The van der Waals surface area contributed by atoms with Crippen LogP contribution in [-0.4, -0.2) is 6.36 Å². The van der Waals surface area contributed by atoms with Crippen molar-refractivity contribution in [3.8, 4) is 5.75 Å². The molecule has 0 aliphatic carbocycles. The van der Waals surface area contributed by atoms with Crippen LogP contribution >= 0.6 is 28.3 Å². The average Bonchev–Trinajstić information content (AvgIpc) is 1.82. The Balaban J connectivity index is 0.00000144. The zero-order valence-corrected chi connectivity index (χ0v) is 8.54. The van der Waals surface area contributed by atoms with Gasteiger partial charge in [0.2, 0.25) is 0 Å². The largest absolute Gasteiger partial charge is 0.573 e. The minimum absolute atomic E-state index is 0. The van der Waals surface area contributed by atoms with E-state index in [4.69, 9.17) is 0 Å². The van der Waals surface area contributed by atoms with Crippen molar-refractivity contribution in [3.05, 3.63) is 28.7 Å². The molecule has 0 saturated heterocycles. The molecule has 74 valence electrons. The predicted octanol–water partition coefficient (Wildman–Crippen LogP) is 3.77. The monoisotopic (exact) mass is 276 g/mol. The SMILES string of the molecule is Cl.FC(F)(F)Oc1cccc(Br)c1. The van der Waals surface area contributed by atoms with Crippen LogP contribution in [0.4, 0.5) is 13.2 Å². The van der Waals surface area contributed by atoms with Gasteiger partial charge in [-0.1, -0.05) is 22.0 Å². The maximum atomic E-state index is 11.6. The van der Waals surface area contributed by atoms with Crippen LogP contribution in [-0.2, 0) is 0 Å². The highest BCUT2D eigenvalue weighted by atomic mass is 79.9. The van der Waals surface area contributed by atoms with Crippen molar-refractivity contribution in [2.24, 2.45) is 0 Å². The number of rotatable bonds is 1. The van der Waals surface area contributed by atoms with Gasteiger partial charge in [0.15, 0.2) is 0 Å². The highest BCUT2D eigenvalue weighted by Crippen LogP contribution is 2.24. The third kappa shape index (κ3) is 5.00. The molecular weight excluding hydrogens is 272 g/mol. The molecule has 0 aliphatic rings. The molecule has 0 aromatic heterocycles. The molecule has 0 aliphatic heterocycles. The Morgan fingerprint density at radius 3 is 2.31 bits per heavy atom. The topological polar surface area (TPSA) is 9.23 Å². The van der Waals surface area contributed by atoms with Gasteiger partial charge in [-0.2, -0.15) is 0 Å². The van der Waals surface area contributed by atoms with E-state index in [0.717, 1.165) is 0 Å². The maximum Gasteiger partial charge on any atom is 0.573 e. The van der Waals surface area contributed by atoms with Crippen LogP contribution < -0.4 is 4.74 Å². The molecule has 1 aromatic carbocycles. The molecule has 0 bridgehead atoms. The van der Waals surface area contributed by atoms with Gasteiger partial charge in [-0.15, -0.1) is 25.6 Å². The third-order valence-electron chi connectivity index (χ3n) is 1.03. The normalized spacial score (nSPS) is 10.5. The van der Waals surface area contributed by atoms with Crippen LogP contribution in [0.5, 0.6) is 5.75 Å². The molecule has 0 N–H and O–H groups in total. The molecule has 0 spiro atoms. The zero-order valence-electron chi connectivity index (χ0n) is 6.14. The van der Waals surface area contributed by atoms with E-state index in [2.05, 4.69) is 20.7 Å². The number of alkyl halides is 3. The summed E-state index contributed by atoms with van der Waals surface area (Å²) < 4.78 is 39.1. The summed E-state index contributed by atoms with van der Waals surface area (Å²) in [5.74, 6) is -0.225. The van der Waals surface area contributed by atoms with Gasteiger partial charge in [-0.3, -0.25) is 0 Å². The van der Waals surface area contributed by atoms with Gasteiger partial charge in [0.1, 0.15) is 5.75 Å². The molecule has 0 atom stereocenters. The summed E-state index contributed by atoms with van der Waals surface area (Å²) in [6.07, 6.45) is -4.62. The number of ether oxygens (including phenoxy) is 1. The quantitative estimate of drug-likeness (QED) is 0.759. The lowest BCUT2D eigenvalue weighted by molar-refractivity contribution is -0.274. The van der Waals surface area contributed by atoms with Crippen LogP contribution in [0, 0.1) is 0 Å². The summed E-state index contributed by atoms with van der Waals surface area (Å²) in [6.45, 7) is 0. The molecule has 0 heterocycles. The number of benzene rings is 1. The summed E-state index contributed by atoms with van der Waals surface area (Å²) in [5.41, 5.74) is 0. The summed E-state index contributed by atoms with van der Waals surface area (Å²) in [5, 5.41) is 0. The third-order valence-corrected chi connectivity index (χ3v) is 1.52. The van der Waals surface area contributed by atoms with Crippen LogP contribution in [0.3, 0.4) is 0 Å². The van der Waals surface area contributed by atoms with Gasteiger partial charge in [0.05, 0.1) is 0 Å². The van der Waals surface area contributed by atoms with Crippen molar-refractivity contribution in [2.75, 3.05) is 0 Å². The fraction of sp³-hybridized carbons (Fsp3) is 0.143. The summed E-state index contributed by atoms with van der Waals surface area (Å²) in [6, 6.07) is 5.56. The first kappa shape index (κ1) is 12.6. The molecule has 1 aromatic rings. The van der Waals surface area contributed by atoms with Crippen LogP contribution in [0.2, 0.25) is 0 Å². The smallest absolute Gasteiger partial charge is 0.406 e. The molecule has 1 nitrogen and oxygen atoms in total. The van der Waals surface area contributed by atoms with Crippen molar-refractivity contribution >= 4 is 28.3 Å². The Labute approximate surface area is 87.4 Å². The minimum Gasteiger partial charge on any atom is -0.406 e. The van der Waals surface area contributed by atoms with Gasteiger partial charge in [-0.25, -0.2) is 0 Å². The Hall–Kier alpha value is -0.420. The molecule has 1 rings (SSSR count). The van der Waals surface area contributed by atoms with E-state index in [1.54, 1.807) is 6.07 Å². The van der Waals surface area contributed by atoms with Crippen molar-refractivity contribution in [1.29, 1.82) is 0 Å². The number of hydrogen-bond donors (Lipinski definition) is 0. The molecule has 0 amide bonds. The van der Waals surface area contributed by atoms with Crippen molar-refractivity contribution in [2.45, 2.75) is 6.36 Å². The second-order valence-corrected chi connectivity index (χ2v) is 2.92. The van der Waals surface area contributed by atoms with E-state index in [1.165, 1.54) is 18.2 Å². The molecule has 0 unspecified atom stereocenters. The molecule has 6 heteroatoms. The summed E-state index contributed by atoms with van der Waals surface area (Å²) >= 11 is 3.02. The van der Waals surface area contributed by atoms with Gasteiger partial charge in [-0.05, 0) is 18.2 Å². The van der Waals surface area contributed by atoms with E-state index < -0.39 is 6.36 Å². The van der Waals surface area contributed by atoms with Gasteiger partial charge in [0, 0.05) is 4.47 Å². The predicted molar refractivity (Wildman–Crippen MR) is 48.1 cm³/mol. The first-order chi connectivity index (χ1) is 5.47. The highest BCUT2D eigenvalue weighted by Gasteiger charge is 2.30. The lowest BCUT2D eigenvalue weighted by atomic mass is 10.3. The maximum absolute atomic E-state index is 11.6. The van der Waals surface area contributed by atoms with E-state index in [0.29, 0.717) is 4.47 Å². The van der Waals surface area contributed by atoms with Crippen molar-refractivity contribution in [1.82, 2.24) is 0 Å².